The lowest BCUT2D eigenvalue weighted by molar-refractivity contribution is 0.659. The van der Waals surface area contributed by atoms with Gasteiger partial charge in [-0.2, -0.15) is 0 Å². The lowest BCUT2D eigenvalue weighted by Gasteiger charge is -2.08. The highest BCUT2D eigenvalue weighted by Gasteiger charge is 2.15. The van der Waals surface area contributed by atoms with Gasteiger partial charge in [-0.15, -0.1) is 0 Å². The van der Waals surface area contributed by atoms with E-state index in [1.165, 1.54) is 0 Å². The van der Waals surface area contributed by atoms with E-state index in [1.54, 1.807) is 18.2 Å². The highest BCUT2D eigenvalue weighted by atomic mass is 16.3. The van der Waals surface area contributed by atoms with Gasteiger partial charge < -0.3 is 13.3 Å². The standard InChI is InChI=1S/C38H20O5/c39-36-27-7-2-4-11-32(27)41-33-15-12-21(18-28(33)36)22-13-16-34-29(19-22)37(40)30-20-23(14-17-35(30)42-34)24-8-5-9-26-25-6-1-3-10-31(25)43-38(24)26/h1-20H. The fraction of sp³-hybridized carbons (Fsp3) is 0. The molecule has 9 aromatic rings. The third kappa shape index (κ3) is 3.52. The molecule has 0 aliphatic rings. The Kier molecular flexibility index (Phi) is 4.85. The van der Waals surface area contributed by atoms with Gasteiger partial charge in [-0.3, -0.25) is 9.59 Å². The highest BCUT2D eigenvalue weighted by molar-refractivity contribution is 6.10. The maximum Gasteiger partial charge on any atom is 0.200 e. The zero-order valence-electron chi connectivity index (χ0n) is 22.6. The first-order valence-corrected chi connectivity index (χ1v) is 14.0. The first-order chi connectivity index (χ1) is 21.1. The Bertz CT molecular complexity index is 2720. The number of para-hydroxylation sites is 3. The Labute approximate surface area is 242 Å². The molecular weight excluding hydrogens is 536 g/mol. The number of furan rings is 1. The van der Waals surface area contributed by atoms with Crippen molar-refractivity contribution >= 4 is 65.8 Å². The molecule has 0 unspecified atom stereocenters. The molecular formula is C38H20O5. The number of hydrogen-bond donors (Lipinski definition) is 0. The van der Waals surface area contributed by atoms with Crippen molar-refractivity contribution < 1.29 is 13.3 Å². The van der Waals surface area contributed by atoms with Crippen LogP contribution in [0.1, 0.15) is 0 Å². The van der Waals surface area contributed by atoms with E-state index < -0.39 is 0 Å². The van der Waals surface area contributed by atoms with Crippen LogP contribution < -0.4 is 10.9 Å². The molecule has 0 aliphatic heterocycles. The van der Waals surface area contributed by atoms with Crippen molar-refractivity contribution in [3.05, 3.63) is 142 Å². The summed E-state index contributed by atoms with van der Waals surface area (Å²) in [6.07, 6.45) is 0. The van der Waals surface area contributed by atoms with E-state index in [4.69, 9.17) is 13.3 Å². The smallest absolute Gasteiger partial charge is 0.200 e. The van der Waals surface area contributed by atoms with Crippen LogP contribution in [0.15, 0.2) is 144 Å². The maximum absolute atomic E-state index is 13.9. The van der Waals surface area contributed by atoms with E-state index in [0.717, 1.165) is 44.2 Å². The molecule has 43 heavy (non-hydrogen) atoms. The van der Waals surface area contributed by atoms with Crippen molar-refractivity contribution in [3.63, 3.8) is 0 Å². The van der Waals surface area contributed by atoms with E-state index in [9.17, 15) is 9.59 Å². The predicted molar refractivity (Wildman–Crippen MR) is 172 cm³/mol. The monoisotopic (exact) mass is 556 g/mol. The van der Waals surface area contributed by atoms with Crippen molar-refractivity contribution in [1.29, 1.82) is 0 Å². The summed E-state index contributed by atoms with van der Waals surface area (Å²) in [5.41, 5.74) is 6.87. The molecule has 0 saturated carbocycles. The molecule has 0 saturated heterocycles. The average Bonchev–Trinajstić information content (AvgIpc) is 3.44. The molecule has 0 aliphatic carbocycles. The zero-order valence-corrected chi connectivity index (χ0v) is 22.6. The van der Waals surface area contributed by atoms with Gasteiger partial charge in [0.1, 0.15) is 33.5 Å². The lowest BCUT2D eigenvalue weighted by atomic mass is 9.99. The van der Waals surface area contributed by atoms with E-state index in [1.807, 2.05) is 103 Å². The fourth-order valence-corrected chi connectivity index (χ4v) is 6.16. The second-order valence-electron chi connectivity index (χ2n) is 10.8. The van der Waals surface area contributed by atoms with Crippen molar-refractivity contribution in [2.45, 2.75) is 0 Å². The van der Waals surface area contributed by atoms with Crippen LogP contribution >= 0.6 is 0 Å². The topological polar surface area (TPSA) is 73.6 Å². The summed E-state index contributed by atoms with van der Waals surface area (Å²) >= 11 is 0. The van der Waals surface area contributed by atoms with Crippen molar-refractivity contribution in [1.82, 2.24) is 0 Å². The number of benzene rings is 6. The minimum absolute atomic E-state index is 0.0861. The molecule has 5 heteroatoms. The van der Waals surface area contributed by atoms with E-state index in [2.05, 4.69) is 0 Å². The Morgan fingerprint density at radius 1 is 0.349 bits per heavy atom. The second kappa shape index (κ2) is 8.78. The predicted octanol–water partition coefficient (Wildman–Crippen LogP) is 9.44. The number of hydrogen-bond acceptors (Lipinski definition) is 5. The summed E-state index contributed by atoms with van der Waals surface area (Å²) in [5, 5.41) is 4.06. The normalized spacial score (nSPS) is 11.9. The molecule has 0 spiro atoms. The summed E-state index contributed by atoms with van der Waals surface area (Å²) in [5.74, 6) is 0. The lowest BCUT2D eigenvalue weighted by Crippen LogP contribution is -2.03. The molecule has 0 radical (unpaired) electrons. The fourth-order valence-electron chi connectivity index (χ4n) is 6.16. The molecule has 6 aromatic carbocycles. The minimum atomic E-state index is -0.122. The molecule has 5 nitrogen and oxygen atoms in total. The van der Waals surface area contributed by atoms with Crippen LogP contribution in [0.3, 0.4) is 0 Å². The molecule has 9 rings (SSSR count). The highest BCUT2D eigenvalue weighted by Crippen LogP contribution is 2.37. The summed E-state index contributed by atoms with van der Waals surface area (Å²) in [6, 6.07) is 38.0. The van der Waals surface area contributed by atoms with Gasteiger partial charge in [-0.1, -0.05) is 66.7 Å². The average molecular weight is 557 g/mol. The molecule has 3 heterocycles. The van der Waals surface area contributed by atoms with Gasteiger partial charge in [0.2, 0.25) is 10.9 Å². The molecule has 0 bridgehead atoms. The Morgan fingerprint density at radius 3 is 1.47 bits per heavy atom. The summed E-state index contributed by atoms with van der Waals surface area (Å²) in [6.45, 7) is 0. The first kappa shape index (κ1) is 23.7. The van der Waals surface area contributed by atoms with Gasteiger partial charge in [0.05, 0.1) is 21.5 Å². The van der Waals surface area contributed by atoms with Crippen LogP contribution in [0.4, 0.5) is 0 Å². The van der Waals surface area contributed by atoms with E-state index in [-0.39, 0.29) is 10.9 Å². The van der Waals surface area contributed by atoms with Gasteiger partial charge >= 0.3 is 0 Å². The first-order valence-electron chi connectivity index (χ1n) is 14.0. The number of fused-ring (bicyclic) bond motifs is 7. The minimum Gasteiger partial charge on any atom is -0.456 e. The Morgan fingerprint density at radius 2 is 0.814 bits per heavy atom. The summed E-state index contributed by atoms with van der Waals surface area (Å²) in [4.78, 5) is 27.2. The third-order valence-electron chi connectivity index (χ3n) is 8.29. The molecule has 3 aromatic heterocycles. The van der Waals surface area contributed by atoms with Crippen LogP contribution in [-0.2, 0) is 0 Å². The van der Waals surface area contributed by atoms with Crippen LogP contribution in [-0.4, -0.2) is 0 Å². The summed E-state index contributed by atoms with van der Waals surface area (Å²) in [7, 11) is 0. The van der Waals surface area contributed by atoms with Crippen molar-refractivity contribution in [2.75, 3.05) is 0 Å². The van der Waals surface area contributed by atoms with Crippen LogP contribution in [0, 0.1) is 0 Å². The second-order valence-corrected chi connectivity index (χ2v) is 10.8. The third-order valence-corrected chi connectivity index (χ3v) is 8.29. The SMILES string of the molecule is O=c1c2ccccc2oc2ccc(-c3ccc4oc5ccc(-c6cccc7c6oc6ccccc67)cc5c(=O)c4c3)cc12. The molecule has 0 fully saturated rings. The molecule has 0 N–H and O–H groups in total. The Hall–Kier alpha value is -5.94. The molecule has 0 atom stereocenters. The van der Waals surface area contributed by atoms with Gasteiger partial charge in [-0.25, -0.2) is 0 Å². The van der Waals surface area contributed by atoms with Crippen molar-refractivity contribution in [3.8, 4) is 22.3 Å². The van der Waals surface area contributed by atoms with Crippen LogP contribution in [0.5, 0.6) is 0 Å². The quantitative estimate of drug-likeness (QED) is 0.198. The van der Waals surface area contributed by atoms with Crippen LogP contribution in [0.25, 0.3) is 88.1 Å². The zero-order chi connectivity index (χ0) is 28.7. The Balaban J connectivity index is 1.21. The van der Waals surface area contributed by atoms with E-state index in [0.29, 0.717) is 43.9 Å². The summed E-state index contributed by atoms with van der Waals surface area (Å²) < 4.78 is 18.4. The largest absolute Gasteiger partial charge is 0.456 e. The van der Waals surface area contributed by atoms with Gasteiger partial charge in [0.15, 0.2) is 0 Å². The van der Waals surface area contributed by atoms with Crippen LogP contribution in [0.2, 0.25) is 0 Å². The van der Waals surface area contributed by atoms with Crippen molar-refractivity contribution in [2.24, 2.45) is 0 Å². The van der Waals surface area contributed by atoms with E-state index >= 15 is 0 Å². The van der Waals surface area contributed by atoms with Gasteiger partial charge in [-0.05, 0) is 71.3 Å². The number of rotatable bonds is 2. The molecule has 0 amide bonds. The maximum atomic E-state index is 13.9. The van der Waals surface area contributed by atoms with Gasteiger partial charge in [0, 0.05) is 16.3 Å². The van der Waals surface area contributed by atoms with Gasteiger partial charge in [0.25, 0.3) is 0 Å². The molecule has 202 valence electrons.